The van der Waals surface area contributed by atoms with Crippen molar-refractivity contribution in [3.8, 4) is 0 Å². The highest BCUT2D eigenvalue weighted by Gasteiger charge is 2.53. The predicted octanol–water partition coefficient (Wildman–Crippen LogP) is 1.86. The molecule has 0 heterocycles. The van der Waals surface area contributed by atoms with E-state index in [0.29, 0.717) is 19.4 Å². The van der Waals surface area contributed by atoms with E-state index in [1.54, 1.807) is 6.92 Å². The number of allylic oxidation sites excluding steroid dienone is 2. The number of carbonyl (C=O) groups is 2. The molecule has 0 amide bonds. The molecule has 1 fully saturated rings. The summed E-state index contributed by atoms with van der Waals surface area (Å²) >= 11 is 0. The van der Waals surface area contributed by atoms with Gasteiger partial charge in [-0.2, -0.15) is 0 Å². The summed E-state index contributed by atoms with van der Waals surface area (Å²) in [6.07, 6.45) is 6.79. The van der Waals surface area contributed by atoms with Crippen molar-refractivity contribution in [3.63, 3.8) is 0 Å². The van der Waals surface area contributed by atoms with E-state index in [9.17, 15) is 9.59 Å². The zero-order valence-electron chi connectivity index (χ0n) is 8.99. The minimum atomic E-state index is -0.840. The van der Waals surface area contributed by atoms with E-state index in [-0.39, 0.29) is 17.7 Å². The van der Waals surface area contributed by atoms with Crippen LogP contribution in [0.15, 0.2) is 12.2 Å². The molecule has 0 aromatic carbocycles. The first kappa shape index (κ1) is 10.4. The highest BCUT2D eigenvalue weighted by atomic mass is 16.5. The van der Waals surface area contributed by atoms with Crippen molar-refractivity contribution in [2.45, 2.75) is 32.6 Å². The Morgan fingerprint density at radius 3 is 3.13 bits per heavy atom. The van der Waals surface area contributed by atoms with Gasteiger partial charge in [-0.1, -0.05) is 12.2 Å². The van der Waals surface area contributed by atoms with Gasteiger partial charge < -0.3 is 4.74 Å². The van der Waals surface area contributed by atoms with Crippen LogP contribution in [-0.4, -0.2) is 18.4 Å². The molecule has 3 heteroatoms. The zero-order chi connectivity index (χ0) is 10.9. The Bertz CT molecular complexity index is 319. The van der Waals surface area contributed by atoms with Crippen LogP contribution in [0.3, 0.4) is 0 Å². The second-order valence-electron chi connectivity index (χ2n) is 4.31. The van der Waals surface area contributed by atoms with Gasteiger partial charge in [-0.05, 0) is 32.6 Å². The van der Waals surface area contributed by atoms with Gasteiger partial charge in [0.05, 0.1) is 6.61 Å². The summed E-state index contributed by atoms with van der Waals surface area (Å²) in [5.74, 6) is -0.164. The quantitative estimate of drug-likeness (QED) is 0.395. The van der Waals surface area contributed by atoms with Crippen LogP contribution in [0.1, 0.15) is 32.6 Å². The predicted molar refractivity (Wildman–Crippen MR) is 55.2 cm³/mol. The highest BCUT2D eigenvalue weighted by Crippen LogP contribution is 2.45. The average molecular weight is 208 g/mol. The number of ketones is 1. The van der Waals surface area contributed by atoms with Crippen molar-refractivity contribution in [1.29, 1.82) is 0 Å². The number of carbonyl (C=O) groups excluding carboxylic acids is 2. The summed E-state index contributed by atoms with van der Waals surface area (Å²) in [5, 5.41) is 0. The maximum atomic E-state index is 12.1. The summed E-state index contributed by atoms with van der Waals surface area (Å²) < 4.78 is 5.03. The van der Waals surface area contributed by atoms with Gasteiger partial charge in [-0.25, -0.2) is 0 Å². The van der Waals surface area contributed by atoms with Gasteiger partial charge in [-0.15, -0.1) is 0 Å². The van der Waals surface area contributed by atoms with Crippen LogP contribution >= 0.6 is 0 Å². The largest absolute Gasteiger partial charge is 0.465 e. The molecule has 0 saturated heterocycles. The third-order valence-corrected chi connectivity index (χ3v) is 3.48. The second-order valence-corrected chi connectivity index (χ2v) is 4.31. The fourth-order valence-electron chi connectivity index (χ4n) is 2.59. The first-order valence-electron chi connectivity index (χ1n) is 5.57. The summed E-state index contributed by atoms with van der Waals surface area (Å²) in [6.45, 7) is 2.13. The van der Waals surface area contributed by atoms with Crippen LogP contribution in [0, 0.1) is 11.3 Å². The molecule has 82 valence electrons. The minimum absolute atomic E-state index is 0.0492. The molecule has 3 nitrogen and oxygen atoms in total. The van der Waals surface area contributed by atoms with Crippen molar-refractivity contribution in [1.82, 2.24) is 0 Å². The topological polar surface area (TPSA) is 43.4 Å². The number of hydrogen-bond donors (Lipinski definition) is 0. The van der Waals surface area contributed by atoms with Crippen molar-refractivity contribution < 1.29 is 14.3 Å². The van der Waals surface area contributed by atoms with E-state index in [0.717, 1.165) is 12.8 Å². The lowest BCUT2D eigenvalue weighted by molar-refractivity contribution is -0.159. The Hall–Kier alpha value is -1.12. The van der Waals surface area contributed by atoms with Crippen molar-refractivity contribution in [2.75, 3.05) is 6.61 Å². The minimum Gasteiger partial charge on any atom is -0.465 e. The van der Waals surface area contributed by atoms with Crippen LogP contribution in [0.25, 0.3) is 0 Å². The standard InChI is InChI=1S/C12H16O3/c1-2-15-11(14)12-7-4-3-5-9(6-8-12)10(12)13/h3-4,9H,2,5-8H2,1H3. The lowest BCUT2D eigenvalue weighted by Gasteiger charge is -2.23. The smallest absolute Gasteiger partial charge is 0.319 e. The van der Waals surface area contributed by atoms with Crippen LogP contribution in [0.4, 0.5) is 0 Å². The molecule has 0 aromatic heterocycles. The molecule has 0 aliphatic heterocycles. The van der Waals surface area contributed by atoms with Crippen LogP contribution in [0.2, 0.25) is 0 Å². The maximum absolute atomic E-state index is 12.1. The highest BCUT2D eigenvalue weighted by molar-refractivity contribution is 6.06. The number of ether oxygens (including phenoxy) is 1. The molecule has 2 aliphatic carbocycles. The molecule has 1 saturated carbocycles. The van der Waals surface area contributed by atoms with E-state index < -0.39 is 5.41 Å². The van der Waals surface area contributed by atoms with Gasteiger partial charge in [0, 0.05) is 5.92 Å². The first-order chi connectivity index (χ1) is 7.20. The lowest BCUT2D eigenvalue weighted by atomic mass is 9.81. The molecule has 0 aromatic rings. The molecule has 2 aliphatic rings. The van der Waals surface area contributed by atoms with Gasteiger partial charge in [-0.3, -0.25) is 9.59 Å². The van der Waals surface area contributed by atoms with E-state index in [1.165, 1.54) is 0 Å². The molecule has 0 radical (unpaired) electrons. The molecule has 0 spiro atoms. The van der Waals surface area contributed by atoms with Crippen LogP contribution in [-0.2, 0) is 14.3 Å². The normalized spacial score (nSPS) is 33.9. The third kappa shape index (κ3) is 1.50. The molecule has 15 heavy (non-hydrogen) atoms. The van der Waals surface area contributed by atoms with Gasteiger partial charge in [0.25, 0.3) is 0 Å². The average Bonchev–Trinajstić information content (AvgIpc) is 2.38. The zero-order valence-corrected chi connectivity index (χ0v) is 8.99. The monoisotopic (exact) mass is 208 g/mol. The third-order valence-electron chi connectivity index (χ3n) is 3.48. The lowest BCUT2D eigenvalue weighted by Crippen LogP contribution is -2.37. The van der Waals surface area contributed by atoms with Crippen LogP contribution < -0.4 is 0 Å². The first-order valence-corrected chi connectivity index (χ1v) is 5.57. The Labute approximate surface area is 89.5 Å². The number of esters is 1. The molecule has 2 unspecified atom stereocenters. The van der Waals surface area contributed by atoms with E-state index >= 15 is 0 Å². The Morgan fingerprint density at radius 2 is 2.40 bits per heavy atom. The summed E-state index contributed by atoms with van der Waals surface area (Å²) in [7, 11) is 0. The van der Waals surface area contributed by atoms with Gasteiger partial charge in [0.2, 0.25) is 0 Å². The van der Waals surface area contributed by atoms with Gasteiger partial charge in [0.15, 0.2) is 5.78 Å². The summed E-state index contributed by atoms with van der Waals surface area (Å²) in [5.41, 5.74) is -0.840. The maximum Gasteiger partial charge on any atom is 0.319 e. The molecule has 2 bridgehead atoms. The molecular formula is C12H16O3. The summed E-state index contributed by atoms with van der Waals surface area (Å²) in [6, 6.07) is 0. The SMILES string of the molecule is CCOC(=O)C12CC=CCC(CC1)C2=O. The molecule has 2 rings (SSSR count). The Balaban J connectivity index is 2.28. The molecular weight excluding hydrogens is 192 g/mol. The number of hydrogen-bond acceptors (Lipinski definition) is 3. The molecule has 0 N–H and O–H groups in total. The van der Waals surface area contributed by atoms with Gasteiger partial charge in [0.1, 0.15) is 5.41 Å². The van der Waals surface area contributed by atoms with Crippen LogP contribution in [0.5, 0.6) is 0 Å². The molecule has 2 atom stereocenters. The second kappa shape index (κ2) is 3.80. The Morgan fingerprint density at radius 1 is 1.60 bits per heavy atom. The van der Waals surface area contributed by atoms with E-state index in [1.807, 2.05) is 12.2 Å². The number of Topliss-reactive ketones (excluding diaryl/α,β-unsaturated/α-hetero) is 1. The van der Waals surface area contributed by atoms with E-state index in [2.05, 4.69) is 0 Å². The van der Waals surface area contributed by atoms with Crippen molar-refractivity contribution in [2.24, 2.45) is 11.3 Å². The van der Waals surface area contributed by atoms with E-state index in [4.69, 9.17) is 4.74 Å². The van der Waals surface area contributed by atoms with Crippen molar-refractivity contribution in [3.05, 3.63) is 12.2 Å². The number of fused-ring (bicyclic) bond motifs is 2. The Kier molecular flexibility index (Phi) is 2.63. The van der Waals surface area contributed by atoms with Gasteiger partial charge >= 0.3 is 5.97 Å². The van der Waals surface area contributed by atoms with Crippen molar-refractivity contribution >= 4 is 11.8 Å². The summed E-state index contributed by atoms with van der Waals surface area (Å²) in [4.78, 5) is 24.0. The number of rotatable bonds is 2. The fraction of sp³-hybridized carbons (Fsp3) is 0.667. The fourth-order valence-corrected chi connectivity index (χ4v) is 2.59.